The van der Waals surface area contributed by atoms with E-state index in [1.807, 2.05) is 47.0 Å². The van der Waals surface area contributed by atoms with E-state index >= 15 is 0 Å². The van der Waals surface area contributed by atoms with Crippen molar-refractivity contribution in [2.45, 2.75) is 17.3 Å². The molecule has 7 nitrogen and oxygen atoms in total. The van der Waals surface area contributed by atoms with Gasteiger partial charge in [-0.2, -0.15) is 0 Å². The summed E-state index contributed by atoms with van der Waals surface area (Å²) in [5.74, 6) is 0.127. The third-order valence-corrected chi connectivity index (χ3v) is 4.94. The predicted molar refractivity (Wildman–Crippen MR) is 105 cm³/mol. The SMILES string of the molecule is CC(Sc1nnc(-c2ccccc2)n1-c1ccc(Cl)cc1)C(=O)NC(N)=O. The number of nitrogens with one attached hydrogen (secondary N) is 1. The van der Waals surface area contributed by atoms with E-state index in [1.54, 1.807) is 19.1 Å². The Bertz CT molecular complexity index is 960. The smallest absolute Gasteiger partial charge is 0.318 e. The normalized spacial score (nSPS) is 11.8. The number of primary amides is 1. The molecule has 0 bridgehead atoms. The lowest BCUT2D eigenvalue weighted by Crippen LogP contribution is -2.39. The second kappa shape index (κ2) is 8.24. The van der Waals surface area contributed by atoms with Crippen LogP contribution in [0, 0.1) is 0 Å². The first kappa shape index (κ1) is 18.9. The van der Waals surface area contributed by atoms with Gasteiger partial charge in [0.15, 0.2) is 11.0 Å². The van der Waals surface area contributed by atoms with Gasteiger partial charge >= 0.3 is 6.03 Å². The number of aromatic nitrogens is 3. The standard InChI is InChI=1S/C18H16ClN5O2S/c1-11(16(25)21-17(20)26)27-18-23-22-15(12-5-3-2-4-6-12)24(18)14-9-7-13(19)8-10-14/h2-11H,1H3,(H3,20,21,25,26). The number of hydrogen-bond donors (Lipinski definition) is 2. The quantitative estimate of drug-likeness (QED) is 0.638. The summed E-state index contributed by atoms with van der Waals surface area (Å²) in [4.78, 5) is 22.9. The Morgan fingerprint density at radius 1 is 1.11 bits per heavy atom. The lowest BCUT2D eigenvalue weighted by atomic mass is 10.2. The Hall–Kier alpha value is -2.84. The van der Waals surface area contributed by atoms with Gasteiger partial charge in [-0.25, -0.2) is 4.79 Å². The van der Waals surface area contributed by atoms with Crippen LogP contribution < -0.4 is 11.1 Å². The van der Waals surface area contributed by atoms with Crippen molar-refractivity contribution in [3.63, 3.8) is 0 Å². The highest BCUT2D eigenvalue weighted by molar-refractivity contribution is 8.00. The fourth-order valence-corrected chi connectivity index (χ4v) is 3.37. The van der Waals surface area contributed by atoms with Crippen LogP contribution in [0.15, 0.2) is 59.8 Å². The van der Waals surface area contributed by atoms with Crippen LogP contribution >= 0.6 is 23.4 Å². The molecule has 0 fully saturated rings. The molecule has 138 valence electrons. The van der Waals surface area contributed by atoms with E-state index in [0.29, 0.717) is 16.0 Å². The first-order chi connectivity index (χ1) is 13.0. The third kappa shape index (κ3) is 4.47. The van der Waals surface area contributed by atoms with Crippen LogP contribution in [0.3, 0.4) is 0 Å². The van der Waals surface area contributed by atoms with Gasteiger partial charge in [-0.05, 0) is 31.2 Å². The van der Waals surface area contributed by atoms with Crippen LogP contribution in [0.4, 0.5) is 4.79 Å². The molecule has 0 radical (unpaired) electrons. The van der Waals surface area contributed by atoms with Crippen molar-refractivity contribution in [3.8, 4) is 17.1 Å². The highest BCUT2D eigenvalue weighted by Crippen LogP contribution is 2.30. The molecule has 27 heavy (non-hydrogen) atoms. The predicted octanol–water partition coefficient (Wildman–Crippen LogP) is 3.26. The number of imide groups is 1. The molecule has 3 aromatic rings. The minimum atomic E-state index is -0.892. The van der Waals surface area contributed by atoms with Gasteiger partial charge in [0, 0.05) is 16.3 Å². The summed E-state index contributed by atoms with van der Waals surface area (Å²) in [7, 11) is 0. The number of halogens is 1. The van der Waals surface area contributed by atoms with Crippen LogP contribution in [0.2, 0.25) is 5.02 Å². The number of nitrogens with zero attached hydrogens (tertiary/aromatic N) is 3. The van der Waals surface area contributed by atoms with E-state index in [1.165, 1.54) is 11.8 Å². The number of hydrogen-bond acceptors (Lipinski definition) is 5. The Morgan fingerprint density at radius 2 is 1.78 bits per heavy atom. The molecule has 0 saturated carbocycles. The molecule has 3 rings (SSSR count). The second-order valence-electron chi connectivity index (χ2n) is 5.60. The van der Waals surface area contributed by atoms with Gasteiger partial charge in [-0.3, -0.25) is 14.7 Å². The zero-order chi connectivity index (χ0) is 19.4. The number of rotatable bonds is 5. The van der Waals surface area contributed by atoms with Crippen molar-refractivity contribution >= 4 is 35.3 Å². The molecule has 2 aromatic carbocycles. The molecule has 0 aliphatic carbocycles. The van der Waals surface area contributed by atoms with Gasteiger partial charge in [0.25, 0.3) is 0 Å². The average Bonchev–Trinajstić information content (AvgIpc) is 3.06. The van der Waals surface area contributed by atoms with Crippen LogP contribution in [-0.4, -0.2) is 32.0 Å². The third-order valence-electron chi connectivity index (χ3n) is 3.65. The summed E-state index contributed by atoms with van der Waals surface area (Å²) in [5, 5.41) is 11.1. The van der Waals surface area contributed by atoms with E-state index in [4.69, 9.17) is 17.3 Å². The second-order valence-corrected chi connectivity index (χ2v) is 7.34. The molecule has 0 spiro atoms. The van der Waals surface area contributed by atoms with Gasteiger partial charge in [0.05, 0.1) is 5.25 Å². The van der Waals surface area contributed by atoms with E-state index in [0.717, 1.165) is 11.3 Å². The molecule has 1 heterocycles. The number of amides is 3. The fourth-order valence-electron chi connectivity index (χ4n) is 2.38. The lowest BCUT2D eigenvalue weighted by Gasteiger charge is -2.13. The maximum absolute atomic E-state index is 12.0. The van der Waals surface area contributed by atoms with Gasteiger partial charge in [0.1, 0.15) is 0 Å². The van der Waals surface area contributed by atoms with E-state index in [9.17, 15) is 9.59 Å². The van der Waals surface area contributed by atoms with Crippen molar-refractivity contribution < 1.29 is 9.59 Å². The Morgan fingerprint density at radius 3 is 2.41 bits per heavy atom. The highest BCUT2D eigenvalue weighted by atomic mass is 35.5. The molecular weight excluding hydrogens is 386 g/mol. The molecule has 0 saturated heterocycles. The number of carbonyl (C=O) groups is 2. The van der Waals surface area contributed by atoms with Crippen LogP contribution in [0.25, 0.3) is 17.1 Å². The first-order valence-electron chi connectivity index (χ1n) is 7.99. The number of nitrogens with two attached hydrogens (primary N) is 1. The number of benzene rings is 2. The van der Waals surface area contributed by atoms with Gasteiger partial charge in [0.2, 0.25) is 5.91 Å². The first-order valence-corrected chi connectivity index (χ1v) is 9.25. The number of thioether (sulfide) groups is 1. The summed E-state index contributed by atoms with van der Waals surface area (Å²) in [6.07, 6.45) is 0. The Balaban J connectivity index is 2.01. The number of carbonyl (C=O) groups excluding carboxylic acids is 2. The van der Waals surface area contributed by atoms with Gasteiger partial charge in [-0.1, -0.05) is 53.7 Å². The largest absolute Gasteiger partial charge is 0.351 e. The Kier molecular flexibility index (Phi) is 5.78. The Labute approximate surface area is 164 Å². The minimum absolute atomic E-state index is 0.501. The summed E-state index contributed by atoms with van der Waals surface area (Å²) >= 11 is 7.17. The average molecular weight is 402 g/mol. The van der Waals surface area contributed by atoms with Gasteiger partial charge in [-0.15, -0.1) is 10.2 Å². The summed E-state index contributed by atoms with van der Waals surface area (Å²) in [6, 6.07) is 15.9. The molecule has 0 aliphatic rings. The lowest BCUT2D eigenvalue weighted by molar-refractivity contribution is -0.119. The summed E-state index contributed by atoms with van der Waals surface area (Å²) in [5.41, 5.74) is 6.69. The van der Waals surface area contributed by atoms with Gasteiger partial charge < -0.3 is 5.73 Å². The maximum atomic E-state index is 12.0. The molecule has 0 aliphatic heterocycles. The van der Waals surface area contributed by atoms with Crippen molar-refractivity contribution in [1.82, 2.24) is 20.1 Å². The highest BCUT2D eigenvalue weighted by Gasteiger charge is 2.22. The van der Waals surface area contributed by atoms with Crippen LogP contribution in [0.1, 0.15) is 6.92 Å². The maximum Gasteiger partial charge on any atom is 0.318 e. The zero-order valence-corrected chi connectivity index (χ0v) is 15.9. The molecule has 3 amide bonds. The molecule has 9 heteroatoms. The van der Waals surface area contributed by atoms with Crippen molar-refractivity contribution in [1.29, 1.82) is 0 Å². The minimum Gasteiger partial charge on any atom is -0.351 e. The van der Waals surface area contributed by atoms with Crippen molar-refractivity contribution in [3.05, 3.63) is 59.6 Å². The molecular formula is C18H16ClN5O2S. The molecule has 3 N–H and O–H groups in total. The van der Waals surface area contributed by atoms with Crippen molar-refractivity contribution in [2.24, 2.45) is 5.73 Å². The number of urea groups is 1. The monoisotopic (exact) mass is 401 g/mol. The molecule has 1 unspecified atom stereocenters. The van der Waals surface area contributed by atoms with E-state index in [2.05, 4.69) is 15.5 Å². The van der Waals surface area contributed by atoms with E-state index in [-0.39, 0.29) is 0 Å². The summed E-state index contributed by atoms with van der Waals surface area (Å²) in [6.45, 7) is 1.66. The molecule has 1 aromatic heterocycles. The topological polar surface area (TPSA) is 103 Å². The van der Waals surface area contributed by atoms with Crippen LogP contribution in [0.5, 0.6) is 0 Å². The summed E-state index contributed by atoms with van der Waals surface area (Å²) < 4.78 is 1.84. The van der Waals surface area contributed by atoms with Crippen LogP contribution in [-0.2, 0) is 4.79 Å². The fraction of sp³-hybridized carbons (Fsp3) is 0.111. The molecule has 1 atom stereocenters. The van der Waals surface area contributed by atoms with Crippen molar-refractivity contribution in [2.75, 3.05) is 0 Å². The zero-order valence-electron chi connectivity index (χ0n) is 14.3. The van der Waals surface area contributed by atoms with E-state index < -0.39 is 17.2 Å².